The molecule has 0 saturated carbocycles. The van der Waals surface area contributed by atoms with Crippen molar-refractivity contribution in [3.63, 3.8) is 0 Å². The van der Waals surface area contributed by atoms with E-state index in [0.29, 0.717) is 6.61 Å². The van der Waals surface area contributed by atoms with Gasteiger partial charge in [0.25, 0.3) is 0 Å². The quantitative estimate of drug-likeness (QED) is 0.740. The Labute approximate surface area is 154 Å². The van der Waals surface area contributed by atoms with Crippen LogP contribution in [0.5, 0.6) is 5.75 Å². The highest BCUT2D eigenvalue weighted by molar-refractivity contribution is 7.22. The molecule has 0 radical (unpaired) electrons. The average Bonchev–Trinajstić information content (AvgIpc) is 3.23. The van der Waals surface area contributed by atoms with E-state index in [2.05, 4.69) is 11.0 Å². The summed E-state index contributed by atoms with van der Waals surface area (Å²) >= 11 is 7.76. The van der Waals surface area contributed by atoms with Crippen LogP contribution in [0.2, 0.25) is 5.02 Å². The van der Waals surface area contributed by atoms with E-state index in [9.17, 15) is 5.11 Å². The predicted molar refractivity (Wildman–Crippen MR) is 101 cm³/mol. The molecule has 1 aromatic heterocycles. The SMILES string of the molecule is OC[C@@]12COc3ccccc3[C@@H]1CN(c1nc3ccc(Cl)cc3s1)C2. The smallest absolute Gasteiger partial charge is 0.186 e. The number of thiazole rings is 1. The second-order valence-corrected chi connectivity index (χ2v) is 8.33. The number of aliphatic hydroxyl groups excluding tert-OH is 1. The molecule has 3 aromatic rings. The molecule has 3 heterocycles. The van der Waals surface area contributed by atoms with Gasteiger partial charge in [-0.15, -0.1) is 0 Å². The summed E-state index contributed by atoms with van der Waals surface area (Å²) in [7, 11) is 0. The van der Waals surface area contributed by atoms with Gasteiger partial charge >= 0.3 is 0 Å². The Morgan fingerprint density at radius 3 is 3.08 bits per heavy atom. The van der Waals surface area contributed by atoms with Gasteiger partial charge in [0.1, 0.15) is 5.75 Å². The van der Waals surface area contributed by atoms with Crippen LogP contribution in [0.3, 0.4) is 0 Å². The first-order chi connectivity index (χ1) is 12.2. The highest BCUT2D eigenvalue weighted by Gasteiger charge is 2.51. The Hall–Kier alpha value is -1.82. The minimum absolute atomic E-state index is 0.110. The number of benzene rings is 2. The number of ether oxygens (including phenoxy) is 1. The van der Waals surface area contributed by atoms with E-state index >= 15 is 0 Å². The van der Waals surface area contributed by atoms with Crippen molar-refractivity contribution >= 4 is 38.3 Å². The monoisotopic (exact) mass is 372 g/mol. The summed E-state index contributed by atoms with van der Waals surface area (Å²) in [6, 6.07) is 14.0. The minimum atomic E-state index is -0.274. The fourth-order valence-electron chi connectivity index (χ4n) is 4.04. The molecule has 2 atom stereocenters. The number of hydrogen-bond acceptors (Lipinski definition) is 5. The van der Waals surface area contributed by atoms with Gasteiger partial charge in [-0.3, -0.25) is 0 Å². The van der Waals surface area contributed by atoms with Crippen LogP contribution < -0.4 is 9.64 Å². The lowest BCUT2D eigenvalue weighted by Gasteiger charge is -2.37. The molecule has 0 amide bonds. The summed E-state index contributed by atoms with van der Waals surface area (Å²) in [4.78, 5) is 7.06. The van der Waals surface area contributed by atoms with Gasteiger partial charge in [-0.05, 0) is 29.8 Å². The summed E-state index contributed by atoms with van der Waals surface area (Å²) in [5.41, 5.74) is 1.88. The number of aliphatic hydroxyl groups is 1. The van der Waals surface area contributed by atoms with Crippen LogP contribution >= 0.6 is 22.9 Å². The zero-order valence-corrected chi connectivity index (χ0v) is 15.1. The first-order valence-corrected chi connectivity index (χ1v) is 9.52. The standard InChI is InChI=1S/C19H17ClN2O2S/c20-12-5-6-15-17(7-12)25-18(21-15)22-8-14-13-3-1-2-4-16(13)24-11-19(14,9-22)10-23/h1-7,14,23H,8-11H2/t14-,19-/m0/s1. The second kappa shape index (κ2) is 5.59. The van der Waals surface area contributed by atoms with Gasteiger partial charge in [0, 0.05) is 24.0 Å². The van der Waals surface area contributed by atoms with Gasteiger partial charge in [0.2, 0.25) is 0 Å². The Morgan fingerprint density at radius 2 is 2.20 bits per heavy atom. The largest absolute Gasteiger partial charge is 0.493 e. The van der Waals surface area contributed by atoms with E-state index in [1.54, 1.807) is 11.3 Å². The molecular formula is C19H17ClN2O2S. The highest BCUT2D eigenvalue weighted by Crippen LogP contribution is 2.50. The number of hydrogen-bond donors (Lipinski definition) is 1. The molecule has 0 aliphatic carbocycles. The fraction of sp³-hybridized carbons (Fsp3) is 0.316. The van der Waals surface area contributed by atoms with Gasteiger partial charge < -0.3 is 14.7 Å². The zero-order chi connectivity index (χ0) is 17.0. The minimum Gasteiger partial charge on any atom is -0.493 e. The van der Waals surface area contributed by atoms with Crippen molar-refractivity contribution in [2.75, 3.05) is 31.2 Å². The molecule has 1 N–H and O–H groups in total. The van der Waals surface area contributed by atoms with Crippen LogP contribution in [0.25, 0.3) is 10.2 Å². The van der Waals surface area contributed by atoms with E-state index in [0.717, 1.165) is 39.2 Å². The third-order valence-corrected chi connectivity index (χ3v) is 6.70. The molecule has 0 bridgehead atoms. The van der Waals surface area contributed by atoms with Crippen LogP contribution in [-0.4, -0.2) is 36.4 Å². The van der Waals surface area contributed by atoms with Crippen molar-refractivity contribution in [1.29, 1.82) is 0 Å². The number of rotatable bonds is 2. The normalized spacial score (nSPS) is 24.9. The van der Waals surface area contributed by atoms with E-state index in [4.69, 9.17) is 21.3 Å². The second-order valence-electron chi connectivity index (χ2n) is 6.89. The number of nitrogens with zero attached hydrogens (tertiary/aromatic N) is 2. The molecule has 5 rings (SSSR count). The van der Waals surface area contributed by atoms with Crippen molar-refractivity contribution < 1.29 is 9.84 Å². The van der Waals surface area contributed by atoms with E-state index in [-0.39, 0.29) is 17.9 Å². The molecule has 1 fully saturated rings. The van der Waals surface area contributed by atoms with Crippen molar-refractivity contribution in [3.05, 3.63) is 53.1 Å². The van der Waals surface area contributed by atoms with Gasteiger partial charge in [-0.25, -0.2) is 4.98 Å². The Morgan fingerprint density at radius 1 is 1.32 bits per heavy atom. The van der Waals surface area contributed by atoms with E-state index < -0.39 is 0 Å². The third-order valence-electron chi connectivity index (χ3n) is 5.38. The summed E-state index contributed by atoms with van der Waals surface area (Å²) in [5, 5.41) is 11.9. The van der Waals surface area contributed by atoms with Crippen LogP contribution in [-0.2, 0) is 0 Å². The Kier molecular flexibility index (Phi) is 3.45. The molecule has 2 aliphatic heterocycles. The van der Waals surface area contributed by atoms with Crippen molar-refractivity contribution in [2.24, 2.45) is 5.41 Å². The van der Waals surface area contributed by atoms with E-state index in [1.807, 2.05) is 36.4 Å². The van der Waals surface area contributed by atoms with E-state index in [1.165, 1.54) is 5.56 Å². The molecule has 0 unspecified atom stereocenters. The maximum atomic E-state index is 10.2. The Bertz CT molecular complexity index is 960. The number of aromatic nitrogens is 1. The van der Waals surface area contributed by atoms with Crippen molar-refractivity contribution in [1.82, 2.24) is 4.98 Å². The fourth-order valence-corrected chi connectivity index (χ4v) is 5.29. The highest BCUT2D eigenvalue weighted by atomic mass is 35.5. The molecule has 1 saturated heterocycles. The number of halogens is 1. The molecular weight excluding hydrogens is 356 g/mol. The maximum Gasteiger partial charge on any atom is 0.186 e. The van der Waals surface area contributed by atoms with Crippen molar-refractivity contribution in [3.8, 4) is 5.75 Å². The summed E-state index contributed by atoms with van der Waals surface area (Å²) < 4.78 is 7.06. The molecule has 2 aliphatic rings. The molecule has 4 nitrogen and oxygen atoms in total. The topological polar surface area (TPSA) is 45.6 Å². The van der Waals surface area contributed by atoms with Crippen LogP contribution in [0.15, 0.2) is 42.5 Å². The third kappa shape index (κ3) is 2.34. The first kappa shape index (κ1) is 15.4. The van der Waals surface area contributed by atoms with Crippen LogP contribution in [0, 0.1) is 5.41 Å². The first-order valence-electron chi connectivity index (χ1n) is 8.32. The molecule has 25 heavy (non-hydrogen) atoms. The lowest BCUT2D eigenvalue weighted by Crippen LogP contribution is -2.42. The lowest BCUT2D eigenvalue weighted by atomic mass is 9.74. The summed E-state index contributed by atoms with van der Waals surface area (Å²) in [5.74, 6) is 1.19. The maximum absolute atomic E-state index is 10.2. The predicted octanol–water partition coefficient (Wildman–Crippen LogP) is 3.92. The molecule has 128 valence electrons. The number of para-hydroxylation sites is 1. The number of anilines is 1. The van der Waals surface area contributed by atoms with Crippen molar-refractivity contribution in [2.45, 2.75) is 5.92 Å². The van der Waals surface area contributed by atoms with Gasteiger partial charge in [-0.2, -0.15) is 0 Å². The zero-order valence-electron chi connectivity index (χ0n) is 13.5. The van der Waals surface area contributed by atoms with Gasteiger partial charge in [0.05, 0.1) is 28.8 Å². The summed E-state index contributed by atoms with van der Waals surface area (Å²) in [6.45, 7) is 2.24. The van der Waals surface area contributed by atoms with Crippen LogP contribution in [0.4, 0.5) is 5.13 Å². The molecule has 2 aromatic carbocycles. The molecule has 0 spiro atoms. The Balaban J connectivity index is 1.55. The van der Waals surface area contributed by atoms with Gasteiger partial charge in [0.15, 0.2) is 5.13 Å². The van der Waals surface area contributed by atoms with Gasteiger partial charge in [-0.1, -0.05) is 41.1 Å². The lowest BCUT2D eigenvalue weighted by molar-refractivity contribution is 0.0535. The summed E-state index contributed by atoms with van der Waals surface area (Å²) in [6.07, 6.45) is 0. The average molecular weight is 373 g/mol. The van der Waals surface area contributed by atoms with Crippen LogP contribution in [0.1, 0.15) is 11.5 Å². The number of fused-ring (bicyclic) bond motifs is 4. The molecule has 6 heteroatoms.